The van der Waals surface area contributed by atoms with Crippen LogP contribution in [0.3, 0.4) is 0 Å². The van der Waals surface area contributed by atoms with E-state index >= 15 is 0 Å². The topological polar surface area (TPSA) is 98.7 Å². The summed E-state index contributed by atoms with van der Waals surface area (Å²) in [7, 11) is 0. The molecule has 19 heavy (non-hydrogen) atoms. The molecule has 0 aliphatic heterocycles. The van der Waals surface area contributed by atoms with Gasteiger partial charge in [0.15, 0.2) is 0 Å². The summed E-state index contributed by atoms with van der Waals surface area (Å²) in [4.78, 5) is 22.7. The molecule has 0 bridgehead atoms. The molecule has 110 valence electrons. The van der Waals surface area contributed by atoms with Gasteiger partial charge in [0.25, 0.3) is 0 Å². The van der Waals surface area contributed by atoms with Crippen LogP contribution in [0.5, 0.6) is 0 Å². The molecule has 2 amide bonds. The third-order valence-electron chi connectivity index (χ3n) is 2.48. The fraction of sp³-hybridized carbons (Fsp3) is 0.818. The van der Waals surface area contributed by atoms with Gasteiger partial charge in [-0.3, -0.25) is 9.59 Å². The summed E-state index contributed by atoms with van der Waals surface area (Å²) in [5.74, 6) is -0.210. The van der Waals surface area contributed by atoms with Crippen molar-refractivity contribution < 1.29 is 22.7 Å². The number of nitrogens with one attached hydrogen (secondary N) is 2. The molecule has 0 aliphatic rings. The Morgan fingerprint density at radius 2 is 1.89 bits per heavy atom. The Bertz CT molecular complexity index is 299. The van der Waals surface area contributed by atoms with Gasteiger partial charge in [0.1, 0.15) is 6.10 Å². The van der Waals surface area contributed by atoms with E-state index in [-0.39, 0.29) is 66.1 Å². The number of hydrogen-bond acceptors (Lipinski definition) is 5. The van der Waals surface area contributed by atoms with Crippen LogP contribution >= 0.6 is 12.6 Å². The molecule has 4 N–H and O–H groups in total. The first kappa shape index (κ1) is 21.8. The van der Waals surface area contributed by atoms with Crippen molar-refractivity contribution in [3.63, 3.8) is 0 Å². The molecule has 8 heteroatoms. The molecule has 0 saturated carbocycles. The smallest absolute Gasteiger partial charge is 1.00 e. The SMILES string of the molecule is CC(C)(CO)C(O)C(=O)NCCC(=O)NCCS.[Ca+2].[H-].[H-]. The predicted molar refractivity (Wildman–Crippen MR) is 79.3 cm³/mol. The zero-order chi connectivity index (χ0) is 14.2. The summed E-state index contributed by atoms with van der Waals surface area (Å²) in [6, 6.07) is 0. The van der Waals surface area contributed by atoms with E-state index in [0.717, 1.165) is 0 Å². The Balaban J connectivity index is -0.000000482. The zero-order valence-electron chi connectivity index (χ0n) is 13.5. The second-order valence-corrected chi connectivity index (χ2v) is 5.11. The van der Waals surface area contributed by atoms with Gasteiger partial charge < -0.3 is 23.7 Å². The number of carbonyl (C=O) groups is 2. The zero-order valence-corrected chi connectivity index (χ0v) is 14.6. The maximum Gasteiger partial charge on any atom is 2.00 e. The van der Waals surface area contributed by atoms with Crippen molar-refractivity contribution in [3.8, 4) is 0 Å². The van der Waals surface area contributed by atoms with E-state index in [1.165, 1.54) is 0 Å². The maximum absolute atomic E-state index is 11.5. The molecule has 0 rings (SSSR count). The third kappa shape index (κ3) is 9.10. The van der Waals surface area contributed by atoms with Crippen LogP contribution in [0.4, 0.5) is 0 Å². The molecule has 0 aromatic carbocycles. The predicted octanol–water partition coefficient (Wildman–Crippen LogP) is -1.24. The van der Waals surface area contributed by atoms with Crippen LogP contribution in [-0.2, 0) is 9.59 Å². The molecule has 1 atom stereocenters. The monoisotopic (exact) mass is 320 g/mol. The van der Waals surface area contributed by atoms with Crippen molar-refractivity contribution in [2.45, 2.75) is 26.4 Å². The summed E-state index contributed by atoms with van der Waals surface area (Å²) in [6.07, 6.45) is -1.16. The van der Waals surface area contributed by atoms with Gasteiger partial charge in [-0.15, -0.1) is 0 Å². The summed E-state index contributed by atoms with van der Waals surface area (Å²) in [5.41, 5.74) is -0.904. The number of hydrogen-bond donors (Lipinski definition) is 5. The van der Waals surface area contributed by atoms with Gasteiger partial charge in [0, 0.05) is 30.7 Å². The van der Waals surface area contributed by atoms with Gasteiger partial charge in [-0.2, -0.15) is 12.6 Å². The third-order valence-corrected chi connectivity index (χ3v) is 2.70. The van der Waals surface area contributed by atoms with Crippen molar-refractivity contribution in [2.75, 3.05) is 25.4 Å². The van der Waals surface area contributed by atoms with Crippen LogP contribution in [0.2, 0.25) is 0 Å². The molecule has 0 aromatic heterocycles. The van der Waals surface area contributed by atoms with E-state index < -0.39 is 17.4 Å². The van der Waals surface area contributed by atoms with Crippen molar-refractivity contribution in [1.29, 1.82) is 0 Å². The number of carbonyl (C=O) groups excluding carboxylic acids is 2. The Labute approximate surface area is 152 Å². The number of aliphatic hydroxyl groups is 2. The quantitative estimate of drug-likeness (QED) is 0.285. The first-order chi connectivity index (χ1) is 8.35. The fourth-order valence-electron chi connectivity index (χ4n) is 1.12. The standard InChI is InChI=1S/C11H22N2O4S.Ca.2H/c1-11(2,7-14)9(16)10(17)13-4-3-8(15)12-5-6-18;;;/h9,14,16,18H,3-7H2,1-2H3,(H,12,15)(H,13,17);;;/q;+2;2*-1. The molecule has 0 heterocycles. The van der Waals surface area contributed by atoms with Gasteiger partial charge in [0.2, 0.25) is 11.8 Å². The molecular formula is C11H24CaN2O4S. The first-order valence-corrected chi connectivity index (χ1v) is 6.42. The Kier molecular flexibility index (Phi) is 12.8. The van der Waals surface area contributed by atoms with E-state index in [4.69, 9.17) is 5.11 Å². The Morgan fingerprint density at radius 3 is 2.37 bits per heavy atom. The molecule has 1 unspecified atom stereocenters. The minimum Gasteiger partial charge on any atom is -1.00 e. The average molecular weight is 320 g/mol. The Hall–Kier alpha value is 0.470. The molecular weight excluding hydrogens is 296 g/mol. The molecule has 0 aromatic rings. The van der Waals surface area contributed by atoms with Gasteiger partial charge in [0.05, 0.1) is 6.61 Å². The number of rotatable bonds is 8. The van der Waals surface area contributed by atoms with E-state index in [1.54, 1.807) is 13.8 Å². The summed E-state index contributed by atoms with van der Waals surface area (Å²) >= 11 is 3.95. The first-order valence-electron chi connectivity index (χ1n) is 5.79. The van der Waals surface area contributed by atoms with Crippen LogP contribution < -0.4 is 10.6 Å². The van der Waals surface area contributed by atoms with E-state index in [9.17, 15) is 14.7 Å². The van der Waals surface area contributed by atoms with Crippen molar-refractivity contribution in [2.24, 2.45) is 5.41 Å². The molecule has 0 saturated heterocycles. The van der Waals surface area contributed by atoms with Gasteiger partial charge >= 0.3 is 37.7 Å². The Morgan fingerprint density at radius 1 is 1.32 bits per heavy atom. The van der Waals surface area contributed by atoms with Crippen molar-refractivity contribution >= 4 is 62.2 Å². The van der Waals surface area contributed by atoms with Crippen LogP contribution in [0, 0.1) is 5.41 Å². The second kappa shape index (κ2) is 11.2. The minimum absolute atomic E-state index is 0. The van der Waals surface area contributed by atoms with E-state index in [0.29, 0.717) is 12.3 Å². The van der Waals surface area contributed by atoms with Crippen LogP contribution in [0.25, 0.3) is 0 Å². The molecule has 0 radical (unpaired) electrons. The van der Waals surface area contributed by atoms with Gasteiger partial charge in [-0.1, -0.05) is 13.8 Å². The molecule has 6 nitrogen and oxygen atoms in total. The number of thiol groups is 1. The minimum atomic E-state index is -1.30. The average Bonchev–Trinajstić information content (AvgIpc) is 2.35. The van der Waals surface area contributed by atoms with E-state index in [2.05, 4.69) is 23.3 Å². The second-order valence-electron chi connectivity index (χ2n) is 4.66. The largest absolute Gasteiger partial charge is 2.00 e. The summed E-state index contributed by atoms with van der Waals surface area (Å²) in [5, 5.41) is 23.7. The van der Waals surface area contributed by atoms with Gasteiger partial charge in [-0.05, 0) is 0 Å². The fourth-order valence-corrected chi connectivity index (χ4v) is 1.23. The van der Waals surface area contributed by atoms with Crippen molar-refractivity contribution in [1.82, 2.24) is 10.6 Å². The van der Waals surface area contributed by atoms with Gasteiger partial charge in [-0.25, -0.2) is 0 Å². The molecule has 0 fully saturated rings. The normalized spacial score (nSPS) is 12.3. The summed E-state index contributed by atoms with van der Waals surface area (Å²) < 4.78 is 0. The summed E-state index contributed by atoms with van der Waals surface area (Å²) in [6.45, 7) is 3.49. The molecule has 0 spiro atoms. The van der Waals surface area contributed by atoms with E-state index in [1.807, 2.05) is 0 Å². The number of aliphatic hydroxyl groups excluding tert-OH is 2. The maximum atomic E-state index is 11.5. The van der Waals surface area contributed by atoms with Crippen LogP contribution in [-0.4, -0.2) is 91.3 Å². The van der Waals surface area contributed by atoms with Crippen LogP contribution in [0.1, 0.15) is 23.1 Å². The molecule has 0 aliphatic carbocycles. The number of amides is 2. The van der Waals surface area contributed by atoms with Crippen LogP contribution in [0.15, 0.2) is 0 Å². The van der Waals surface area contributed by atoms with Crippen molar-refractivity contribution in [3.05, 3.63) is 0 Å².